The van der Waals surface area contributed by atoms with Crippen molar-refractivity contribution in [2.75, 3.05) is 13.9 Å². The summed E-state index contributed by atoms with van der Waals surface area (Å²) in [7, 11) is -0.532. The van der Waals surface area contributed by atoms with Crippen molar-refractivity contribution in [1.29, 1.82) is 0 Å². The maximum absolute atomic E-state index is 12.9. The molecule has 0 bridgehead atoms. The van der Waals surface area contributed by atoms with Gasteiger partial charge < -0.3 is 18.6 Å². The highest BCUT2D eigenvalue weighted by atomic mass is 28.4. The first-order valence-electron chi connectivity index (χ1n) is 12.0. The van der Waals surface area contributed by atoms with Gasteiger partial charge in [0.1, 0.15) is 5.75 Å². The number of benzene rings is 3. The molecule has 3 aromatic carbocycles. The van der Waals surface area contributed by atoms with E-state index in [-0.39, 0.29) is 23.7 Å². The highest BCUT2D eigenvalue weighted by Gasteiger charge is 2.41. The van der Waals surface area contributed by atoms with E-state index in [2.05, 4.69) is 70.3 Å². The molecular formula is C29H36O5Si. The van der Waals surface area contributed by atoms with E-state index in [4.69, 9.17) is 18.6 Å². The lowest BCUT2D eigenvalue weighted by molar-refractivity contribution is -0.151. The number of rotatable bonds is 6. The first-order valence-corrected chi connectivity index (χ1v) is 14.9. The van der Waals surface area contributed by atoms with Crippen LogP contribution in [-0.4, -0.2) is 28.2 Å². The van der Waals surface area contributed by atoms with E-state index in [1.165, 1.54) is 7.11 Å². The molecule has 186 valence electrons. The van der Waals surface area contributed by atoms with Crippen molar-refractivity contribution >= 4 is 25.1 Å². The predicted molar refractivity (Wildman–Crippen MR) is 142 cm³/mol. The van der Waals surface area contributed by atoms with E-state index in [0.717, 1.165) is 27.6 Å². The Bertz CT molecular complexity index is 1260. The summed E-state index contributed by atoms with van der Waals surface area (Å²) in [5.74, 6) is 1.77. The van der Waals surface area contributed by atoms with Gasteiger partial charge in [0.2, 0.25) is 15.1 Å². The summed E-state index contributed by atoms with van der Waals surface area (Å²) in [5, 5.41) is 2.31. The Labute approximate surface area is 209 Å². The van der Waals surface area contributed by atoms with Gasteiger partial charge >= 0.3 is 5.97 Å². The second kappa shape index (κ2) is 8.90. The van der Waals surface area contributed by atoms with Crippen molar-refractivity contribution in [1.82, 2.24) is 0 Å². The lowest BCUT2D eigenvalue weighted by Crippen LogP contribution is -2.43. The van der Waals surface area contributed by atoms with Crippen LogP contribution in [0.1, 0.15) is 51.7 Å². The second-order valence-electron chi connectivity index (χ2n) is 11.4. The summed E-state index contributed by atoms with van der Waals surface area (Å²) < 4.78 is 22.9. The van der Waals surface area contributed by atoms with E-state index >= 15 is 0 Å². The lowest BCUT2D eigenvalue weighted by Gasteiger charge is -2.36. The highest BCUT2D eigenvalue weighted by Crippen LogP contribution is 2.46. The van der Waals surface area contributed by atoms with Crippen LogP contribution in [0.15, 0.2) is 54.6 Å². The van der Waals surface area contributed by atoms with Gasteiger partial charge in [0.25, 0.3) is 0 Å². The van der Waals surface area contributed by atoms with Crippen LogP contribution in [-0.2, 0) is 9.53 Å². The molecule has 1 aliphatic heterocycles. The summed E-state index contributed by atoms with van der Waals surface area (Å²) in [6.45, 7) is 15.3. The number of hydrogen-bond acceptors (Lipinski definition) is 5. The topological polar surface area (TPSA) is 54.0 Å². The van der Waals surface area contributed by atoms with Gasteiger partial charge in [0.05, 0.1) is 12.5 Å². The van der Waals surface area contributed by atoms with Gasteiger partial charge in [-0.1, -0.05) is 51.1 Å². The molecule has 0 fully saturated rings. The van der Waals surface area contributed by atoms with Crippen molar-refractivity contribution < 1.29 is 23.4 Å². The number of carbonyl (C=O) groups excluding carboxylic acids is 1. The Balaban J connectivity index is 1.81. The van der Waals surface area contributed by atoms with Crippen molar-refractivity contribution in [3.05, 3.63) is 65.7 Å². The molecule has 5 nitrogen and oxygen atoms in total. The number of carbonyl (C=O) groups is 1. The third-order valence-corrected chi connectivity index (χ3v) is 11.9. The molecule has 1 heterocycles. The van der Waals surface area contributed by atoms with Crippen LogP contribution >= 0.6 is 0 Å². The number of hydrogen-bond donors (Lipinski definition) is 0. The first-order chi connectivity index (χ1) is 16.3. The molecule has 0 aromatic heterocycles. The van der Waals surface area contributed by atoms with Crippen molar-refractivity contribution in [3.8, 4) is 17.2 Å². The number of methoxy groups -OCH3 is 1. The molecule has 1 unspecified atom stereocenters. The minimum Gasteiger partial charge on any atom is -0.543 e. The van der Waals surface area contributed by atoms with Crippen LogP contribution in [0.3, 0.4) is 0 Å². The molecule has 1 atom stereocenters. The van der Waals surface area contributed by atoms with Crippen LogP contribution in [0.2, 0.25) is 18.1 Å². The molecule has 0 N–H and O–H groups in total. The van der Waals surface area contributed by atoms with Gasteiger partial charge in [0, 0.05) is 5.92 Å². The van der Waals surface area contributed by atoms with E-state index in [0.29, 0.717) is 11.5 Å². The lowest BCUT2D eigenvalue weighted by atomic mass is 9.71. The minimum atomic E-state index is -1.97. The molecule has 0 radical (unpaired) electrons. The Morgan fingerprint density at radius 1 is 0.857 bits per heavy atom. The average Bonchev–Trinajstić information content (AvgIpc) is 3.25. The standard InChI is InChI=1S/C29H36O5Si/c1-28(2,3)35(7,8)34-23-13-11-19-9-10-20(15-22(19)16-23)26(29(4,5)27(30)31-6)21-12-14-24-25(17-21)33-18-32-24/h9-17,26H,18H2,1-8H3. The van der Waals surface area contributed by atoms with Crippen molar-refractivity contribution in [2.45, 2.75) is 58.7 Å². The van der Waals surface area contributed by atoms with Crippen LogP contribution in [0.4, 0.5) is 0 Å². The molecule has 4 rings (SSSR count). The van der Waals surface area contributed by atoms with Crippen LogP contribution < -0.4 is 13.9 Å². The van der Waals surface area contributed by atoms with Crippen LogP contribution in [0, 0.1) is 5.41 Å². The smallest absolute Gasteiger partial charge is 0.312 e. The first kappa shape index (κ1) is 25.1. The Morgan fingerprint density at radius 3 is 2.17 bits per heavy atom. The molecular weight excluding hydrogens is 456 g/mol. The summed E-state index contributed by atoms with van der Waals surface area (Å²) in [6.07, 6.45) is 0. The third kappa shape index (κ3) is 4.76. The second-order valence-corrected chi connectivity index (χ2v) is 16.1. The van der Waals surface area contributed by atoms with Gasteiger partial charge in [-0.3, -0.25) is 4.79 Å². The Morgan fingerprint density at radius 2 is 1.49 bits per heavy atom. The fourth-order valence-electron chi connectivity index (χ4n) is 4.43. The quantitative estimate of drug-likeness (QED) is 0.267. The summed E-state index contributed by atoms with van der Waals surface area (Å²) in [4.78, 5) is 12.9. The molecule has 1 aliphatic rings. The molecule has 35 heavy (non-hydrogen) atoms. The fraction of sp³-hybridized carbons (Fsp3) is 0.414. The van der Waals surface area contributed by atoms with Crippen molar-refractivity contribution in [2.24, 2.45) is 5.41 Å². The van der Waals surface area contributed by atoms with E-state index in [1.807, 2.05) is 32.0 Å². The minimum absolute atomic E-state index is 0.110. The molecule has 0 saturated heterocycles. The van der Waals surface area contributed by atoms with Gasteiger partial charge in [-0.05, 0) is 78.1 Å². The molecule has 0 spiro atoms. The zero-order chi connectivity index (χ0) is 25.6. The van der Waals surface area contributed by atoms with Crippen LogP contribution in [0.5, 0.6) is 17.2 Å². The van der Waals surface area contributed by atoms with Crippen molar-refractivity contribution in [3.63, 3.8) is 0 Å². The third-order valence-electron chi connectivity index (χ3n) is 7.51. The van der Waals surface area contributed by atoms with Crippen LogP contribution in [0.25, 0.3) is 10.8 Å². The van der Waals surface area contributed by atoms with Gasteiger partial charge in [0.15, 0.2) is 11.5 Å². The Kier molecular flexibility index (Phi) is 6.39. The summed E-state index contributed by atoms with van der Waals surface area (Å²) in [5.41, 5.74) is 1.18. The summed E-state index contributed by atoms with van der Waals surface area (Å²) >= 11 is 0. The molecule has 0 saturated carbocycles. The summed E-state index contributed by atoms with van der Waals surface area (Å²) in [6, 6.07) is 18.5. The highest BCUT2D eigenvalue weighted by molar-refractivity contribution is 6.74. The predicted octanol–water partition coefficient (Wildman–Crippen LogP) is 7.28. The van der Waals surface area contributed by atoms with E-state index < -0.39 is 13.7 Å². The maximum atomic E-state index is 12.9. The monoisotopic (exact) mass is 492 g/mol. The zero-order valence-electron chi connectivity index (χ0n) is 22.0. The SMILES string of the molecule is COC(=O)C(C)(C)C(c1ccc2c(c1)OCO2)c1ccc2ccc(O[Si](C)(C)C(C)(C)C)cc2c1. The molecule has 0 aliphatic carbocycles. The number of ether oxygens (including phenoxy) is 3. The largest absolute Gasteiger partial charge is 0.543 e. The molecule has 0 amide bonds. The average molecular weight is 493 g/mol. The van der Waals surface area contributed by atoms with Gasteiger partial charge in [-0.15, -0.1) is 0 Å². The molecule has 6 heteroatoms. The Hall–Kier alpha value is -2.99. The fourth-order valence-corrected chi connectivity index (χ4v) is 5.46. The zero-order valence-corrected chi connectivity index (χ0v) is 23.0. The van der Waals surface area contributed by atoms with E-state index in [9.17, 15) is 4.79 Å². The normalized spacial score (nSPS) is 14.6. The van der Waals surface area contributed by atoms with Gasteiger partial charge in [-0.25, -0.2) is 0 Å². The van der Waals surface area contributed by atoms with E-state index in [1.54, 1.807) is 0 Å². The number of fused-ring (bicyclic) bond motifs is 2. The van der Waals surface area contributed by atoms with Gasteiger partial charge in [-0.2, -0.15) is 0 Å². The maximum Gasteiger partial charge on any atom is 0.312 e. The number of esters is 1. The molecule has 3 aromatic rings.